The van der Waals surface area contributed by atoms with Crippen LogP contribution >= 0.6 is 0 Å². The summed E-state index contributed by atoms with van der Waals surface area (Å²) in [6.45, 7) is 10.2. The Labute approximate surface area is 124 Å². The second-order valence-corrected chi connectivity index (χ2v) is 7.21. The maximum absolute atomic E-state index is 3.86. The van der Waals surface area contributed by atoms with Crippen molar-refractivity contribution in [3.8, 4) is 0 Å². The van der Waals surface area contributed by atoms with E-state index < -0.39 is 0 Å². The molecule has 0 bridgehead atoms. The molecule has 0 heterocycles. The lowest BCUT2D eigenvalue weighted by molar-refractivity contribution is 0.340. The van der Waals surface area contributed by atoms with Gasteiger partial charge in [0.15, 0.2) is 0 Å². The van der Waals surface area contributed by atoms with E-state index in [4.69, 9.17) is 0 Å². The summed E-state index contributed by atoms with van der Waals surface area (Å²) in [7, 11) is 0. The molecule has 0 aromatic heterocycles. The smallest absolute Gasteiger partial charge is 0.0351 e. The summed E-state index contributed by atoms with van der Waals surface area (Å²) in [5.74, 6) is 3.00. The first-order valence-electron chi connectivity index (χ1n) is 8.41. The van der Waals surface area contributed by atoms with Crippen LogP contribution in [0.3, 0.4) is 0 Å². The summed E-state index contributed by atoms with van der Waals surface area (Å²) in [5.41, 5.74) is 5.90. The molecule has 1 nitrogen and oxygen atoms in total. The molecule has 0 spiro atoms. The number of fused-ring (bicyclic) bond motifs is 1. The number of benzene rings is 1. The van der Waals surface area contributed by atoms with E-state index in [9.17, 15) is 0 Å². The monoisotopic (exact) mass is 271 g/mol. The molecule has 3 unspecified atom stereocenters. The maximum atomic E-state index is 3.86. The molecule has 20 heavy (non-hydrogen) atoms. The Hall–Kier alpha value is -0.820. The molecule has 0 aliphatic heterocycles. The highest BCUT2D eigenvalue weighted by Gasteiger charge is 2.48. The number of hydrogen-bond acceptors (Lipinski definition) is 1. The normalized spacial score (nSPS) is 29.3. The predicted molar refractivity (Wildman–Crippen MR) is 86.0 cm³/mol. The molecule has 0 amide bonds. The topological polar surface area (TPSA) is 12.0 Å². The van der Waals surface area contributed by atoms with Gasteiger partial charge in [0.05, 0.1) is 0 Å². The Morgan fingerprint density at radius 3 is 2.30 bits per heavy atom. The predicted octanol–water partition coefficient (Wildman–Crippen LogP) is 4.70. The number of hydrogen-bond donors (Lipinski definition) is 1. The Balaban J connectivity index is 1.86. The molecule has 110 valence electrons. The molecule has 3 rings (SSSR count). The van der Waals surface area contributed by atoms with Crippen molar-refractivity contribution in [2.24, 2.45) is 17.8 Å². The van der Waals surface area contributed by atoms with Crippen molar-refractivity contribution in [3.05, 3.63) is 34.4 Å². The molecule has 2 aliphatic rings. The molecule has 1 aromatic rings. The van der Waals surface area contributed by atoms with Crippen molar-refractivity contribution >= 4 is 0 Å². The van der Waals surface area contributed by atoms with Gasteiger partial charge < -0.3 is 5.32 Å². The maximum Gasteiger partial charge on any atom is 0.0351 e. The third kappa shape index (κ3) is 2.65. The van der Waals surface area contributed by atoms with Gasteiger partial charge in [-0.25, -0.2) is 0 Å². The molecule has 0 radical (unpaired) electrons. The number of rotatable bonds is 5. The van der Waals surface area contributed by atoms with Crippen LogP contribution in [0.5, 0.6) is 0 Å². The summed E-state index contributed by atoms with van der Waals surface area (Å²) in [6.07, 6.45) is 5.65. The molecule has 0 saturated heterocycles. The van der Waals surface area contributed by atoms with Crippen LogP contribution in [-0.4, -0.2) is 6.54 Å². The van der Waals surface area contributed by atoms with Gasteiger partial charge in [-0.1, -0.05) is 19.1 Å². The van der Waals surface area contributed by atoms with E-state index in [1.54, 1.807) is 5.56 Å². The van der Waals surface area contributed by atoms with Gasteiger partial charge in [0, 0.05) is 6.04 Å². The molecule has 2 saturated carbocycles. The van der Waals surface area contributed by atoms with Crippen molar-refractivity contribution < 1.29 is 0 Å². The van der Waals surface area contributed by atoms with Gasteiger partial charge in [-0.3, -0.25) is 0 Å². The van der Waals surface area contributed by atoms with Gasteiger partial charge in [-0.05, 0) is 93.0 Å². The zero-order valence-corrected chi connectivity index (χ0v) is 13.5. The van der Waals surface area contributed by atoms with Crippen LogP contribution in [0.2, 0.25) is 0 Å². The van der Waals surface area contributed by atoms with Crippen molar-refractivity contribution in [2.45, 2.75) is 59.4 Å². The fraction of sp³-hybridized carbons (Fsp3) is 0.684. The molecular formula is C19H29N. The Morgan fingerprint density at radius 2 is 1.65 bits per heavy atom. The van der Waals surface area contributed by atoms with Gasteiger partial charge in [-0.15, -0.1) is 0 Å². The Kier molecular flexibility index (Phi) is 3.90. The molecular weight excluding hydrogens is 242 g/mol. The largest absolute Gasteiger partial charge is 0.310 e. The number of aryl methyl sites for hydroxylation is 3. The average molecular weight is 271 g/mol. The number of nitrogens with one attached hydrogen (secondary N) is 1. The first-order chi connectivity index (χ1) is 9.60. The standard InChI is InChI=1S/C19H29N/c1-5-6-20-19(17-10-15-9-16(15)11-17)18-8-13(3)12(2)7-14(18)4/h7-8,15-17,19-20H,5-6,9-11H2,1-4H3. The molecule has 1 heteroatoms. The first-order valence-corrected chi connectivity index (χ1v) is 8.41. The second-order valence-electron chi connectivity index (χ2n) is 7.21. The van der Waals surface area contributed by atoms with Gasteiger partial charge in [0.25, 0.3) is 0 Å². The van der Waals surface area contributed by atoms with Gasteiger partial charge in [-0.2, -0.15) is 0 Å². The third-order valence-electron chi connectivity index (χ3n) is 5.58. The van der Waals surface area contributed by atoms with Crippen LogP contribution < -0.4 is 5.32 Å². The highest BCUT2D eigenvalue weighted by molar-refractivity contribution is 5.38. The van der Waals surface area contributed by atoms with E-state index in [1.807, 2.05) is 0 Å². The Morgan fingerprint density at radius 1 is 1.00 bits per heavy atom. The van der Waals surface area contributed by atoms with Crippen LogP contribution in [0.15, 0.2) is 12.1 Å². The van der Waals surface area contributed by atoms with Crippen LogP contribution in [0, 0.1) is 38.5 Å². The molecule has 1 N–H and O–H groups in total. The second kappa shape index (κ2) is 5.52. The molecule has 2 fully saturated rings. The zero-order valence-electron chi connectivity index (χ0n) is 13.5. The summed E-state index contributed by atoms with van der Waals surface area (Å²) in [4.78, 5) is 0. The molecule has 2 aliphatic carbocycles. The van der Waals surface area contributed by atoms with Crippen molar-refractivity contribution in [1.29, 1.82) is 0 Å². The minimum absolute atomic E-state index is 0.585. The lowest BCUT2D eigenvalue weighted by atomic mass is 9.85. The van der Waals surface area contributed by atoms with Crippen LogP contribution in [0.4, 0.5) is 0 Å². The SMILES string of the molecule is CCCNC(c1cc(C)c(C)cc1C)C1CC2CC2C1. The third-order valence-corrected chi connectivity index (χ3v) is 5.58. The van der Waals surface area contributed by atoms with Crippen molar-refractivity contribution in [1.82, 2.24) is 5.32 Å². The average Bonchev–Trinajstić information content (AvgIpc) is 3.02. The summed E-state index contributed by atoms with van der Waals surface area (Å²) >= 11 is 0. The quantitative estimate of drug-likeness (QED) is 0.818. The van der Waals surface area contributed by atoms with Crippen LogP contribution in [0.25, 0.3) is 0 Å². The van der Waals surface area contributed by atoms with E-state index in [2.05, 4.69) is 45.1 Å². The van der Waals surface area contributed by atoms with Crippen molar-refractivity contribution in [3.63, 3.8) is 0 Å². The Bertz CT molecular complexity index is 481. The highest BCUT2D eigenvalue weighted by Crippen LogP contribution is 2.57. The van der Waals surface area contributed by atoms with Gasteiger partial charge >= 0.3 is 0 Å². The summed E-state index contributed by atoms with van der Waals surface area (Å²) in [6, 6.07) is 5.41. The first kappa shape index (κ1) is 14.1. The summed E-state index contributed by atoms with van der Waals surface area (Å²) < 4.78 is 0. The van der Waals surface area contributed by atoms with E-state index in [-0.39, 0.29) is 0 Å². The lowest BCUT2D eigenvalue weighted by Crippen LogP contribution is -2.29. The fourth-order valence-corrected chi connectivity index (χ4v) is 4.18. The molecule has 1 aromatic carbocycles. The minimum atomic E-state index is 0.585. The highest BCUT2D eigenvalue weighted by atomic mass is 14.9. The van der Waals surface area contributed by atoms with Crippen LogP contribution in [-0.2, 0) is 0 Å². The van der Waals surface area contributed by atoms with Gasteiger partial charge in [0.2, 0.25) is 0 Å². The zero-order chi connectivity index (χ0) is 14.3. The van der Waals surface area contributed by atoms with Crippen LogP contribution in [0.1, 0.15) is 60.9 Å². The summed E-state index contributed by atoms with van der Waals surface area (Å²) in [5, 5.41) is 3.86. The fourth-order valence-electron chi connectivity index (χ4n) is 4.18. The minimum Gasteiger partial charge on any atom is -0.310 e. The van der Waals surface area contributed by atoms with E-state index in [0.717, 1.165) is 24.3 Å². The van der Waals surface area contributed by atoms with Crippen molar-refractivity contribution in [2.75, 3.05) is 6.54 Å². The molecule has 3 atom stereocenters. The van der Waals surface area contributed by atoms with E-state index in [1.165, 1.54) is 42.4 Å². The van der Waals surface area contributed by atoms with Gasteiger partial charge in [0.1, 0.15) is 0 Å². The van der Waals surface area contributed by atoms with E-state index in [0.29, 0.717) is 6.04 Å². The van der Waals surface area contributed by atoms with E-state index >= 15 is 0 Å². The lowest BCUT2D eigenvalue weighted by Gasteiger charge is -2.28.